The van der Waals surface area contributed by atoms with Crippen LogP contribution < -0.4 is 0 Å². The molecule has 0 atom stereocenters. The summed E-state index contributed by atoms with van der Waals surface area (Å²) >= 11 is 1.62. The lowest BCUT2D eigenvalue weighted by molar-refractivity contribution is 0.474. The molecule has 0 unspecified atom stereocenters. The van der Waals surface area contributed by atoms with Crippen LogP contribution in [0, 0.1) is 6.92 Å². The van der Waals surface area contributed by atoms with Crippen molar-refractivity contribution in [2.45, 2.75) is 6.92 Å². The molecule has 1 N–H and O–H groups in total. The van der Waals surface area contributed by atoms with E-state index < -0.39 is 0 Å². The Morgan fingerprint density at radius 2 is 2.23 bits per heavy atom. The van der Waals surface area contributed by atoms with Gasteiger partial charge in [0.05, 0.1) is 10.6 Å². The van der Waals surface area contributed by atoms with Crippen LogP contribution in [-0.4, -0.2) is 10.1 Å². The molecule has 2 rings (SSSR count). The van der Waals surface area contributed by atoms with E-state index in [1.54, 1.807) is 23.5 Å². The minimum atomic E-state index is 0.274. The molecule has 66 valence electrons. The molecule has 2 aromatic rings. The van der Waals surface area contributed by atoms with Gasteiger partial charge >= 0.3 is 0 Å². The van der Waals surface area contributed by atoms with Crippen LogP contribution >= 0.6 is 11.3 Å². The molecule has 0 aliphatic heterocycles. The normalized spacial score (nSPS) is 10.2. The summed E-state index contributed by atoms with van der Waals surface area (Å²) in [7, 11) is 0. The second-order valence-electron chi connectivity index (χ2n) is 2.83. The Balaban J connectivity index is 2.53. The summed E-state index contributed by atoms with van der Waals surface area (Å²) in [6.45, 7) is 1.87. The monoisotopic (exact) mass is 191 g/mol. The molecule has 0 aliphatic carbocycles. The maximum absolute atomic E-state index is 9.36. The molecule has 13 heavy (non-hydrogen) atoms. The minimum Gasteiger partial charge on any atom is -0.508 e. The highest BCUT2D eigenvalue weighted by Crippen LogP contribution is 2.25. The lowest BCUT2D eigenvalue weighted by Gasteiger charge is -1.99. The second-order valence-corrected chi connectivity index (χ2v) is 3.78. The Kier molecular flexibility index (Phi) is 2.02. The molecule has 0 saturated carbocycles. The Labute approximate surface area is 80.5 Å². The first-order valence-corrected chi connectivity index (χ1v) is 4.85. The maximum Gasteiger partial charge on any atom is 0.119 e. The van der Waals surface area contributed by atoms with Gasteiger partial charge in [0.1, 0.15) is 5.75 Å². The Hall–Kier alpha value is -1.35. The quantitative estimate of drug-likeness (QED) is 0.751. The first kappa shape index (κ1) is 8.26. The fraction of sp³-hybridized carbons (Fsp3) is 0.100. The summed E-state index contributed by atoms with van der Waals surface area (Å²) in [6, 6.07) is 7.29. The average molecular weight is 191 g/mol. The highest BCUT2D eigenvalue weighted by atomic mass is 32.1. The molecule has 0 aliphatic rings. The number of hydrogen-bond acceptors (Lipinski definition) is 3. The van der Waals surface area contributed by atoms with Crippen molar-refractivity contribution in [3.8, 4) is 16.3 Å². The third kappa shape index (κ3) is 1.70. The smallest absolute Gasteiger partial charge is 0.119 e. The van der Waals surface area contributed by atoms with Crippen LogP contribution in [0.4, 0.5) is 0 Å². The first-order chi connectivity index (χ1) is 6.25. The van der Waals surface area contributed by atoms with E-state index in [0.717, 1.165) is 16.3 Å². The average Bonchev–Trinajstić information content (AvgIpc) is 2.53. The van der Waals surface area contributed by atoms with E-state index in [2.05, 4.69) is 4.98 Å². The van der Waals surface area contributed by atoms with Crippen LogP contribution in [0.15, 0.2) is 29.6 Å². The van der Waals surface area contributed by atoms with Crippen molar-refractivity contribution in [2.24, 2.45) is 0 Å². The van der Waals surface area contributed by atoms with Gasteiger partial charge in [-0.15, -0.1) is 11.3 Å². The van der Waals surface area contributed by atoms with E-state index in [4.69, 9.17) is 0 Å². The van der Waals surface area contributed by atoms with Crippen LogP contribution in [0.3, 0.4) is 0 Å². The van der Waals surface area contributed by atoms with Gasteiger partial charge < -0.3 is 5.11 Å². The van der Waals surface area contributed by atoms with Gasteiger partial charge in [-0.25, -0.2) is 0 Å². The van der Waals surface area contributed by atoms with Crippen LogP contribution in [0.25, 0.3) is 10.6 Å². The van der Waals surface area contributed by atoms with E-state index in [9.17, 15) is 5.11 Å². The third-order valence-electron chi connectivity index (χ3n) is 1.71. The SMILES string of the molecule is Cc1cc(O)cc(-c2cccs2)n1. The summed E-state index contributed by atoms with van der Waals surface area (Å²) < 4.78 is 0. The Morgan fingerprint density at radius 1 is 1.38 bits per heavy atom. The molecule has 0 aromatic carbocycles. The molecule has 0 bridgehead atoms. The van der Waals surface area contributed by atoms with Crippen molar-refractivity contribution >= 4 is 11.3 Å². The minimum absolute atomic E-state index is 0.274. The van der Waals surface area contributed by atoms with Crippen molar-refractivity contribution in [3.63, 3.8) is 0 Å². The topological polar surface area (TPSA) is 33.1 Å². The third-order valence-corrected chi connectivity index (χ3v) is 2.60. The van der Waals surface area contributed by atoms with Gasteiger partial charge in [0.15, 0.2) is 0 Å². The first-order valence-electron chi connectivity index (χ1n) is 3.97. The standard InChI is InChI=1S/C10H9NOS/c1-7-5-8(12)6-9(11-7)10-3-2-4-13-10/h2-6H,1H3,(H,11,12). The summed E-state index contributed by atoms with van der Waals surface area (Å²) in [6.07, 6.45) is 0. The molecule has 0 fully saturated rings. The van der Waals surface area contributed by atoms with E-state index in [-0.39, 0.29) is 5.75 Å². The second kappa shape index (κ2) is 3.18. The maximum atomic E-state index is 9.36. The number of thiophene rings is 1. The lowest BCUT2D eigenvalue weighted by Crippen LogP contribution is -1.83. The number of aryl methyl sites for hydroxylation is 1. The van der Waals surface area contributed by atoms with Crippen molar-refractivity contribution < 1.29 is 5.11 Å². The van der Waals surface area contributed by atoms with Crippen molar-refractivity contribution in [1.29, 1.82) is 0 Å². The molecule has 0 amide bonds. The van der Waals surface area contributed by atoms with Crippen LogP contribution in [0.1, 0.15) is 5.69 Å². The number of hydrogen-bond donors (Lipinski definition) is 1. The molecular formula is C10H9NOS. The zero-order valence-corrected chi connectivity index (χ0v) is 8.01. The van der Waals surface area contributed by atoms with Crippen LogP contribution in [0.5, 0.6) is 5.75 Å². The molecule has 0 saturated heterocycles. The van der Waals surface area contributed by atoms with Gasteiger partial charge in [0.2, 0.25) is 0 Å². The van der Waals surface area contributed by atoms with Crippen LogP contribution in [-0.2, 0) is 0 Å². The lowest BCUT2D eigenvalue weighted by atomic mass is 10.2. The largest absolute Gasteiger partial charge is 0.508 e. The van der Waals surface area contributed by atoms with Gasteiger partial charge in [-0.3, -0.25) is 4.98 Å². The number of nitrogens with zero attached hydrogens (tertiary/aromatic N) is 1. The van der Waals surface area contributed by atoms with Crippen molar-refractivity contribution in [1.82, 2.24) is 4.98 Å². The molecular weight excluding hydrogens is 182 g/mol. The predicted octanol–water partition coefficient (Wildman–Crippen LogP) is 2.82. The van der Waals surface area contributed by atoms with Gasteiger partial charge in [0.25, 0.3) is 0 Å². The molecule has 0 radical (unpaired) electrons. The van der Waals surface area contributed by atoms with Gasteiger partial charge in [0, 0.05) is 17.8 Å². The Morgan fingerprint density at radius 3 is 2.85 bits per heavy atom. The zero-order valence-electron chi connectivity index (χ0n) is 7.19. The predicted molar refractivity (Wildman–Crippen MR) is 54.0 cm³/mol. The fourth-order valence-electron chi connectivity index (χ4n) is 1.20. The van der Waals surface area contributed by atoms with E-state index >= 15 is 0 Å². The molecule has 0 spiro atoms. The number of aromatic nitrogens is 1. The van der Waals surface area contributed by atoms with Gasteiger partial charge in [-0.2, -0.15) is 0 Å². The molecule has 2 heterocycles. The Bertz CT molecular complexity index is 389. The van der Waals surface area contributed by atoms with Gasteiger partial charge in [-0.05, 0) is 18.4 Å². The fourth-order valence-corrected chi connectivity index (χ4v) is 1.89. The van der Waals surface area contributed by atoms with E-state index in [1.807, 2.05) is 24.4 Å². The molecule has 3 heteroatoms. The summed E-state index contributed by atoms with van der Waals surface area (Å²) in [4.78, 5) is 5.41. The van der Waals surface area contributed by atoms with Crippen LogP contribution in [0.2, 0.25) is 0 Å². The summed E-state index contributed by atoms with van der Waals surface area (Å²) in [5, 5.41) is 11.4. The molecule has 2 nitrogen and oxygen atoms in total. The summed E-state index contributed by atoms with van der Waals surface area (Å²) in [5.41, 5.74) is 1.68. The summed E-state index contributed by atoms with van der Waals surface area (Å²) in [5.74, 6) is 0.274. The number of aromatic hydroxyl groups is 1. The molecule has 2 aromatic heterocycles. The zero-order chi connectivity index (χ0) is 9.26. The van der Waals surface area contributed by atoms with E-state index in [1.165, 1.54) is 0 Å². The highest BCUT2D eigenvalue weighted by Gasteiger charge is 2.02. The van der Waals surface area contributed by atoms with E-state index in [0.29, 0.717) is 0 Å². The number of rotatable bonds is 1. The van der Waals surface area contributed by atoms with Gasteiger partial charge in [-0.1, -0.05) is 6.07 Å². The van der Waals surface area contributed by atoms with Crippen molar-refractivity contribution in [3.05, 3.63) is 35.3 Å². The van der Waals surface area contributed by atoms with Crippen molar-refractivity contribution in [2.75, 3.05) is 0 Å². The number of pyridine rings is 1. The highest BCUT2D eigenvalue weighted by molar-refractivity contribution is 7.13.